The first-order chi connectivity index (χ1) is 37.0. The van der Waals surface area contributed by atoms with Gasteiger partial charge in [0, 0.05) is 44.8 Å². The van der Waals surface area contributed by atoms with Gasteiger partial charge < -0.3 is 4.57 Å². The number of aliphatic imine (C=N–C) groups is 1. The Hall–Kier alpha value is -4.13. The van der Waals surface area contributed by atoms with Gasteiger partial charge in [0.2, 0.25) is 0 Å². The minimum Gasteiger partial charge on any atom is -0.303 e. The summed E-state index contributed by atoms with van der Waals surface area (Å²) < 4.78 is 2.56. The monoisotopic (exact) mass is 1080 g/mol. The third kappa shape index (κ3) is 56.4. The summed E-state index contributed by atoms with van der Waals surface area (Å²) in [5, 5.41) is 0. The van der Waals surface area contributed by atoms with Crippen molar-refractivity contribution >= 4 is 6.21 Å². The lowest BCUT2D eigenvalue weighted by Gasteiger charge is -2.20. The number of allylic oxidation sites excluding steroid dienone is 6. The second-order valence-electron chi connectivity index (χ2n) is 17.2. The van der Waals surface area contributed by atoms with Crippen molar-refractivity contribution in [1.29, 1.82) is 0 Å². The molecule has 3 aromatic rings. The van der Waals surface area contributed by atoms with Crippen LogP contribution in [0.5, 0.6) is 0 Å². The lowest BCUT2D eigenvalue weighted by Crippen LogP contribution is -2.38. The molecule has 0 bridgehead atoms. The van der Waals surface area contributed by atoms with Crippen molar-refractivity contribution in [3.05, 3.63) is 128 Å². The molecule has 0 fully saturated rings. The van der Waals surface area contributed by atoms with Crippen molar-refractivity contribution in [2.24, 2.45) is 42.8 Å². The molecular formula is C70H139N5O2. The average Bonchev–Trinajstić information content (AvgIpc) is 4.07. The Kier molecular flexibility index (Phi) is 94.1. The summed E-state index contributed by atoms with van der Waals surface area (Å²) in [5.41, 5.74) is 5.97. The molecule has 0 spiro atoms. The Morgan fingerprint density at radius 1 is 0.532 bits per heavy atom. The van der Waals surface area contributed by atoms with Gasteiger partial charge in [0.25, 0.3) is 5.56 Å². The van der Waals surface area contributed by atoms with Gasteiger partial charge in [-0.05, 0) is 109 Å². The lowest BCUT2D eigenvalue weighted by atomic mass is 9.90. The summed E-state index contributed by atoms with van der Waals surface area (Å²) >= 11 is 0. The second kappa shape index (κ2) is 76.1. The van der Waals surface area contributed by atoms with Crippen LogP contribution in [0.15, 0.2) is 105 Å². The summed E-state index contributed by atoms with van der Waals surface area (Å²) in [7, 11) is 3.14. The Morgan fingerprint density at radius 2 is 1.00 bits per heavy atom. The normalized spacial score (nSPS) is 12.3. The molecule has 3 heterocycles. The molecule has 1 unspecified atom stereocenters. The van der Waals surface area contributed by atoms with Crippen molar-refractivity contribution in [2.75, 3.05) is 6.54 Å². The number of aromatic nitrogens is 4. The molecule has 0 radical (unpaired) electrons. The van der Waals surface area contributed by atoms with E-state index in [1.54, 1.807) is 25.1 Å². The third-order valence-corrected chi connectivity index (χ3v) is 10.4. The van der Waals surface area contributed by atoms with Crippen molar-refractivity contribution in [1.82, 2.24) is 19.1 Å². The molecule has 0 saturated carbocycles. The molecule has 0 N–H and O–H groups in total. The number of benzene rings is 1. The Morgan fingerprint density at radius 3 is 1.26 bits per heavy atom. The summed E-state index contributed by atoms with van der Waals surface area (Å²) in [4.78, 5) is 34.9. The van der Waals surface area contributed by atoms with Crippen molar-refractivity contribution < 1.29 is 0 Å². The number of nitrogens with zero attached hydrogens (tertiary/aromatic N) is 5. The standard InChI is InChI=1S/C9H14N2O2.C9H16.C9H12.C8H15N.C8H12.C7H10N2.10C2H6/c1-6(2)7-5-10(3)9(13)11(4)8(7)12;2*1-8(2)9-6-4-3-5-7-9;1-7(2)8-4-3-5-9-6-8;1-7(2)8-5-3-4-6-8;1-6(2)7-3-8-5-9-4-7;10*1-2/h5-6H,1-4H3;6,8H,3-5,7H2,1-2H3;3-8H,1-2H3;5,7-8H,3-4,6H2,1-2H3;3,5-7H,4H2,1-2H3;3-6H,1-2H3;10*1-2H3. The molecule has 2 aromatic heterocycles. The average molecular weight is 1080 g/mol. The van der Waals surface area contributed by atoms with E-state index in [0.29, 0.717) is 23.3 Å². The molecule has 1 aliphatic heterocycles. The van der Waals surface area contributed by atoms with E-state index in [2.05, 4.69) is 139 Å². The van der Waals surface area contributed by atoms with E-state index in [1.165, 1.54) is 66.8 Å². The molecular weight excluding hydrogens is 943 g/mol. The molecule has 77 heavy (non-hydrogen) atoms. The van der Waals surface area contributed by atoms with Gasteiger partial charge in [0.15, 0.2) is 0 Å². The SMILES string of the molecule is CC.CC.CC.CC.CC.CC.CC.CC.CC.CC.CC(C)C1=CCC=C1.CC(C)C1=CCCCC1.CC(C)C1CCC=NC1.CC(C)c1ccccc1.CC(C)c1cn(C)c(=O)n(C)c1=O.CC(C)c1cncnc1. The van der Waals surface area contributed by atoms with E-state index in [9.17, 15) is 9.59 Å². The molecule has 7 heteroatoms. The van der Waals surface area contributed by atoms with Gasteiger partial charge in [0.1, 0.15) is 6.33 Å². The first kappa shape index (κ1) is 95.2. The number of hydrogen-bond acceptors (Lipinski definition) is 5. The van der Waals surface area contributed by atoms with Gasteiger partial charge >= 0.3 is 5.69 Å². The van der Waals surface area contributed by atoms with E-state index >= 15 is 0 Å². The molecule has 0 amide bonds. The fraction of sp³-hybridized carbons (Fsp3) is 0.700. The van der Waals surface area contributed by atoms with Gasteiger partial charge in [-0.25, -0.2) is 14.8 Å². The van der Waals surface area contributed by atoms with Gasteiger partial charge in [-0.15, -0.1) is 0 Å². The maximum absolute atomic E-state index is 11.5. The maximum atomic E-state index is 11.5. The van der Waals surface area contributed by atoms with Gasteiger partial charge in [-0.1, -0.05) is 282 Å². The predicted molar refractivity (Wildman–Crippen MR) is 360 cm³/mol. The Labute approximate surface area is 485 Å². The van der Waals surface area contributed by atoms with Crippen LogP contribution in [-0.2, 0) is 14.1 Å². The van der Waals surface area contributed by atoms with Crippen LogP contribution in [0.3, 0.4) is 0 Å². The third-order valence-electron chi connectivity index (χ3n) is 10.4. The quantitative estimate of drug-likeness (QED) is 0.230. The summed E-state index contributed by atoms with van der Waals surface area (Å²) in [5.74, 6) is 4.53. The zero-order chi connectivity index (χ0) is 62.9. The van der Waals surface area contributed by atoms with Crippen LogP contribution in [-0.4, -0.2) is 31.9 Å². The highest BCUT2D eigenvalue weighted by molar-refractivity contribution is 5.57. The first-order valence-electron chi connectivity index (χ1n) is 31.6. The van der Waals surface area contributed by atoms with Gasteiger partial charge in [-0.2, -0.15) is 0 Å². The summed E-state index contributed by atoms with van der Waals surface area (Å²) in [6.07, 6.45) is 27.2. The zero-order valence-electron chi connectivity index (χ0n) is 58.3. The van der Waals surface area contributed by atoms with Crippen molar-refractivity contribution in [3.63, 3.8) is 0 Å². The minimum atomic E-state index is -0.283. The van der Waals surface area contributed by atoms with Crippen molar-refractivity contribution in [3.8, 4) is 0 Å². The van der Waals surface area contributed by atoms with Gasteiger partial charge in [0.05, 0.1) is 0 Å². The second-order valence-corrected chi connectivity index (χ2v) is 17.2. The smallest absolute Gasteiger partial charge is 0.303 e. The van der Waals surface area contributed by atoms with Crippen LogP contribution in [0.4, 0.5) is 0 Å². The molecule has 1 atom stereocenters. The fourth-order valence-corrected chi connectivity index (χ4v) is 6.20. The minimum absolute atomic E-state index is 0.144. The van der Waals surface area contributed by atoms with E-state index in [4.69, 9.17) is 0 Å². The largest absolute Gasteiger partial charge is 0.330 e. The Balaban J connectivity index is -0.0000000822. The molecule has 7 nitrogen and oxygen atoms in total. The van der Waals surface area contributed by atoms with Crippen molar-refractivity contribution in [2.45, 2.75) is 284 Å². The van der Waals surface area contributed by atoms with Crippen LogP contribution in [0.1, 0.15) is 301 Å². The van der Waals surface area contributed by atoms with E-state index in [0.717, 1.165) is 35.3 Å². The van der Waals surface area contributed by atoms with E-state index in [-0.39, 0.29) is 17.2 Å². The van der Waals surface area contributed by atoms with Crippen LogP contribution < -0.4 is 11.2 Å². The van der Waals surface area contributed by atoms with E-state index < -0.39 is 0 Å². The number of aryl methyl sites for hydroxylation is 1. The maximum Gasteiger partial charge on any atom is 0.330 e. The molecule has 6 rings (SSSR count). The van der Waals surface area contributed by atoms with Crippen LogP contribution in [0.2, 0.25) is 0 Å². The zero-order valence-corrected chi connectivity index (χ0v) is 58.3. The topological polar surface area (TPSA) is 82.1 Å². The predicted octanol–water partition coefficient (Wildman–Crippen LogP) is 22.7. The highest BCUT2D eigenvalue weighted by Gasteiger charge is 2.13. The summed E-state index contributed by atoms with van der Waals surface area (Å²) in [6.45, 7) is 67.2. The van der Waals surface area contributed by atoms with Crippen LogP contribution in [0, 0.1) is 23.7 Å². The lowest BCUT2D eigenvalue weighted by molar-refractivity contribution is 0.368. The van der Waals surface area contributed by atoms with Crippen LogP contribution >= 0.6 is 0 Å². The molecule has 1 aromatic carbocycles. The molecule has 0 saturated heterocycles. The highest BCUT2D eigenvalue weighted by Crippen LogP contribution is 2.23. The van der Waals surface area contributed by atoms with Crippen LogP contribution in [0.25, 0.3) is 0 Å². The van der Waals surface area contributed by atoms with E-state index in [1.807, 2.05) is 171 Å². The molecule has 2 aliphatic carbocycles. The van der Waals surface area contributed by atoms with Gasteiger partial charge in [-0.3, -0.25) is 14.4 Å². The number of hydrogen-bond donors (Lipinski definition) is 0. The Bertz CT molecular complexity index is 1720. The summed E-state index contributed by atoms with van der Waals surface area (Å²) in [6, 6.07) is 10.5. The highest BCUT2D eigenvalue weighted by atomic mass is 16.2. The number of rotatable bonds is 6. The first-order valence-corrected chi connectivity index (χ1v) is 31.6. The molecule has 3 aliphatic rings. The molecule has 456 valence electrons. The fourth-order valence-electron chi connectivity index (χ4n) is 6.20.